The topological polar surface area (TPSA) is 135 Å². The van der Waals surface area contributed by atoms with Gasteiger partial charge in [-0.15, -0.1) is 0 Å². The Morgan fingerprint density at radius 2 is 1.68 bits per heavy atom. The number of furan rings is 1. The molecule has 2 heterocycles. The fraction of sp³-hybridized carbons (Fsp3) is 0.125. The molecule has 0 saturated heterocycles. The van der Waals surface area contributed by atoms with Crippen LogP contribution in [0.3, 0.4) is 0 Å². The normalized spacial score (nSPS) is 12.3. The molecule has 10 heteroatoms. The van der Waals surface area contributed by atoms with Crippen molar-refractivity contribution in [2.24, 2.45) is 0 Å². The summed E-state index contributed by atoms with van der Waals surface area (Å²) in [5.41, 5.74) is 1.05. The van der Waals surface area contributed by atoms with Crippen molar-refractivity contribution in [2.45, 2.75) is 13.1 Å². The van der Waals surface area contributed by atoms with E-state index >= 15 is 0 Å². The number of imide groups is 2. The molecule has 0 aliphatic carbocycles. The fourth-order valence-corrected chi connectivity index (χ4v) is 3.33. The molecule has 0 fully saturated rings. The summed E-state index contributed by atoms with van der Waals surface area (Å²) in [4.78, 5) is 62.4. The molecule has 0 radical (unpaired) electrons. The van der Waals surface area contributed by atoms with Crippen molar-refractivity contribution in [3.05, 3.63) is 94.9 Å². The molecule has 5 amide bonds. The number of benzene rings is 2. The summed E-state index contributed by atoms with van der Waals surface area (Å²) >= 11 is 0. The van der Waals surface area contributed by atoms with Crippen molar-refractivity contribution in [2.75, 3.05) is 6.61 Å². The largest absolute Gasteiger partial charge is 0.467 e. The quantitative estimate of drug-likeness (QED) is 0.407. The number of rotatable bonds is 7. The zero-order valence-electron chi connectivity index (χ0n) is 17.8. The number of urea groups is 1. The maximum Gasteiger partial charge on any atom is 0.338 e. The first-order chi connectivity index (χ1) is 16.4. The molecule has 2 aromatic carbocycles. The Hall–Kier alpha value is -4.73. The van der Waals surface area contributed by atoms with E-state index in [1.807, 2.05) is 11.4 Å². The van der Waals surface area contributed by atoms with E-state index in [4.69, 9.17) is 9.15 Å². The number of esters is 1. The van der Waals surface area contributed by atoms with E-state index in [1.54, 1.807) is 36.4 Å². The molecular weight excluding hydrogens is 442 g/mol. The van der Waals surface area contributed by atoms with Gasteiger partial charge < -0.3 is 14.5 Å². The van der Waals surface area contributed by atoms with Crippen molar-refractivity contribution in [3.63, 3.8) is 0 Å². The number of nitrogens with zero attached hydrogens (tertiary/aromatic N) is 1. The maximum absolute atomic E-state index is 12.8. The zero-order valence-corrected chi connectivity index (χ0v) is 17.8. The minimum atomic E-state index is -0.879. The van der Waals surface area contributed by atoms with Gasteiger partial charge in [0.15, 0.2) is 6.61 Å². The highest BCUT2D eigenvalue weighted by Gasteiger charge is 2.36. The highest BCUT2D eigenvalue weighted by molar-refractivity contribution is 6.21. The predicted molar refractivity (Wildman–Crippen MR) is 116 cm³/mol. The standard InChI is InChI=1S/C24H19N3O7/c28-20(26-24(32)25-12-17-7-4-10-33-17)14-34-23(31)16-8-9-18-19(11-16)22(30)27(21(18)29)13-15-5-2-1-3-6-15/h1-11H,12-14H2,(H2,25,26,28,32). The van der Waals surface area contributed by atoms with Crippen molar-refractivity contribution >= 4 is 29.7 Å². The second-order valence-electron chi connectivity index (χ2n) is 7.33. The molecule has 172 valence electrons. The van der Waals surface area contributed by atoms with Crippen LogP contribution in [0.5, 0.6) is 0 Å². The Morgan fingerprint density at radius 3 is 2.41 bits per heavy atom. The third-order valence-corrected chi connectivity index (χ3v) is 4.98. The second-order valence-corrected chi connectivity index (χ2v) is 7.33. The van der Waals surface area contributed by atoms with Crippen molar-refractivity contribution in [1.82, 2.24) is 15.5 Å². The van der Waals surface area contributed by atoms with E-state index in [0.717, 1.165) is 10.5 Å². The summed E-state index contributed by atoms with van der Waals surface area (Å²) in [5, 5.41) is 4.43. The smallest absolute Gasteiger partial charge is 0.338 e. The van der Waals surface area contributed by atoms with Gasteiger partial charge in [-0.05, 0) is 35.9 Å². The summed E-state index contributed by atoms with van der Waals surface area (Å²) in [6.07, 6.45) is 1.45. The van der Waals surface area contributed by atoms with Gasteiger partial charge in [0, 0.05) is 0 Å². The summed E-state index contributed by atoms with van der Waals surface area (Å²) in [7, 11) is 0. The van der Waals surface area contributed by atoms with Crippen LogP contribution < -0.4 is 10.6 Å². The van der Waals surface area contributed by atoms with E-state index in [-0.39, 0.29) is 29.8 Å². The van der Waals surface area contributed by atoms with Gasteiger partial charge in [-0.2, -0.15) is 0 Å². The zero-order chi connectivity index (χ0) is 24.1. The SMILES string of the molecule is O=C(COC(=O)c1ccc2c(c1)C(=O)N(Cc1ccccc1)C2=O)NC(=O)NCc1ccco1. The van der Waals surface area contributed by atoms with Gasteiger partial charge in [-0.1, -0.05) is 30.3 Å². The Bertz CT molecular complexity index is 1250. The van der Waals surface area contributed by atoms with Gasteiger partial charge in [0.05, 0.1) is 36.0 Å². The van der Waals surface area contributed by atoms with Crippen molar-refractivity contribution in [1.29, 1.82) is 0 Å². The van der Waals surface area contributed by atoms with Gasteiger partial charge in [0.25, 0.3) is 17.7 Å². The fourth-order valence-electron chi connectivity index (χ4n) is 3.33. The van der Waals surface area contributed by atoms with Crippen LogP contribution in [-0.2, 0) is 22.6 Å². The van der Waals surface area contributed by atoms with Gasteiger partial charge in [-0.3, -0.25) is 24.6 Å². The number of carbonyl (C=O) groups excluding carboxylic acids is 5. The summed E-state index contributed by atoms with van der Waals surface area (Å²) in [6.45, 7) is -0.526. The Kier molecular flexibility index (Phi) is 6.49. The van der Waals surface area contributed by atoms with Crippen molar-refractivity contribution < 1.29 is 33.1 Å². The average molecular weight is 461 g/mol. The molecule has 0 bridgehead atoms. The number of hydrogen-bond donors (Lipinski definition) is 2. The molecule has 0 saturated carbocycles. The van der Waals surface area contributed by atoms with Crippen LogP contribution in [0, 0.1) is 0 Å². The highest BCUT2D eigenvalue weighted by Crippen LogP contribution is 2.26. The molecule has 4 rings (SSSR count). The number of hydrogen-bond acceptors (Lipinski definition) is 7. The van der Waals surface area contributed by atoms with Crippen LogP contribution >= 0.6 is 0 Å². The lowest BCUT2D eigenvalue weighted by atomic mass is 10.1. The van der Waals surface area contributed by atoms with Gasteiger partial charge >= 0.3 is 12.0 Å². The highest BCUT2D eigenvalue weighted by atomic mass is 16.5. The third-order valence-electron chi connectivity index (χ3n) is 4.98. The van der Waals surface area contributed by atoms with Gasteiger partial charge in [0.2, 0.25) is 0 Å². The molecule has 34 heavy (non-hydrogen) atoms. The number of carbonyl (C=O) groups is 5. The molecule has 0 unspecified atom stereocenters. The van der Waals surface area contributed by atoms with E-state index < -0.39 is 36.3 Å². The monoisotopic (exact) mass is 461 g/mol. The van der Waals surface area contributed by atoms with Crippen LogP contribution in [0.25, 0.3) is 0 Å². The van der Waals surface area contributed by atoms with E-state index in [1.165, 1.54) is 24.5 Å². The molecule has 1 aromatic heterocycles. The van der Waals surface area contributed by atoms with Gasteiger partial charge in [0.1, 0.15) is 5.76 Å². The van der Waals surface area contributed by atoms with Crippen LogP contribution in [0.4, 0.5) is 4.79 Å². The first kappa shape index (κ1) is 22.5. The summed E-state index contributed by atoms with van der Waals surface area (Å²) in [6, 6.07) is 15.5. The lowest BCUT2D eigenvalue weighted by molar-refractivity contribution is -0.123. The summed E-state index contributed by atoms with van der Waals surface area (Å²) in [5.74, 6) is -2.20. The Labute approximate surface area is 193 Å². The molecule has 1 aliphatic heterocycles. The van der Waals surface area contributed by atoms with Crippen molar-refractivity contribution in [3.8, 4) is 0 Å². The Balaban J connectivity index is 1.32. The molecule has 1 aliphatic rings. The van der Waals surface area contributed by atoms with E-state index in [9.17, 15) is 24.0 Å². The lowest BCUT2D eigenvalue weighted by Gasteiger charge is -2.13. The second kappa shape index (κ2) is 9.82. The third kappa shape index (κ3) is 5.01. The molecule has 10 nitrogen and oxygen atoms in total. The van der Waals surface area contributed by atoms with Crippen LogP contribution in [-0.4, -0.2) is 41.2 Å². The minimum Gasteiger partial charge on any atom is -0.467 e. The van der Waals surface area contributed by atoms with E-state index in [0.29, 0.717) is 5.76 Å². The minimum absolute atomic E-state index is 0.00321. The lowest BCUT2D eigenvalue weighted by Crippen LogP contribution is -2.41. The molecule has 0 spiro atoms. The first-order valence-corrected chi connectivity index (χ1v) is 10.2. The molecule has 2 N–H and O–H groups in total. The number of ether oxygens (including phenoxy) is 1. The van der Waals surface area contributed by atoms with Crippen LogP contribution in [0.15, 0.2) is 71.3 Å². The van der Waals surface area contributed by atoms with Crippen LogP contribution in [0.2, 0.25) is 0 Å². The Morgan fingerprint density at radius 1 is 0.912 bits per heavy atom. The predicted octanol–water partition coefficient (Wildman–Crippen LogP) is 2.26. The maximum atomic E-state index is 12.8. The average Bonchev–Trinajstić information content (AvgIpc) is 3.45. The summed E-state index contributed by atoms with van der Waals surface area (Å²) < 4.78 is 9.98. The van der Waals surface area contributed by atoms with Gasteiger partial charge in [-0.25, -0.2) is 9.59 Å². The first-order valence-electron chi connectivity index (χ1n) is 10.2. The van der Waals surface area contributed by atoms with Crippen LogP contribution in [0.1, 0.15) is 42.4 Å². The number of amides is 5. The molecule has 0 atom stereocenters. The molecule has 3 aromatic rings. The number of fused-ring (bicyclic) bond motifs is 1. The molecular formula is C24H19N3O7. The number of nitrogens with one attached hydrogen (secondary N) is 2. The van der Waals surface area contributed by atoms with E-state index in [2.05, 4.69) is 5.32 Å².